The number of methoxy groups -OCH3 is 1. The van der Waals surface area contributed by atoms with E-state index in [1.807, 2.05) is 6.92 Å². The number of phenols is 1. The number of nitrogens with one attached hydrogen (secondary N) is 2. The van der Waals surface area contributed by atoms with Crippen LogP contribution in [0.15, 0.2) is 30.9 Å². The first-order valence-corrected chi connectivity index (χ1v) is 8.97. The number of carbonyl (C=O) groups is 1. The molecule has 3 N–H and O–H groups in total. The molecule has 0 bridgehead atoms. The second-order valence-electron chi connectivity index (χ2n) is 6.79. The fourth-order valence-corrected chi connectivity index (χ4v) is 3.81. The molecule has 1 amide bonds. The van der Waals surface area contributed by atoms with Crippen molar-refractivity contribution in [1.29, 1.82) is 0 Å². The van der Waals surface area contributed by atoms with Gasteiger partial charge in [0.1, 0.15) is 17.7 Å². The fourth-order valence-electron chi connectivity index (χ4n) is 3.81. The average Bonchev–Trinajstić information content (AvgIpc) is 3.32. The second-order valence-corrected chi connectivity index (χ2v) is 6.79. The molecule has 0 spiro atoms. The molecule has 10 nitrogen and oxygen atoms in total. The summed E-state index contributed by atoms with van der Waals surface area (Å²) in [7, 11) is 1.49. The van der Waals surface area contributed by atoms with Gasteiger partial charge in [-0.1, -0.05) is 6.07 Å². The Morgan fingerprint density at radius 2 is 2.14 bits per heavy atom. The van der Waals surface area contributed by atoms with Gasteiger partial charge in [0.05, 0.1) is 19.1 Å². The minimum Gasteiger partial charge on any atom is -0.504 e. The van der Waals surface area contributed by atoms with Gasteiger partial charge < -0.3 is 20.1 Å². The van der Waals surface area contributed by atoms with Crippen LogP contribution in [0.3, 0.4) is 0 Å². The third kappa shape index (κ3) is 2.60. The molecule has 1 atom stereocenters. The number of aromatic amines is 1. The van der Waals surface area contributed by atoms with Crippen molar-refractivity contribution < 1.29 is 14.6 Å². The minimum absolute atomic E-state index is 0.0479. The van der Waals surface area contributed by atoms with Crippen molar-refractivity contribution in [3.63, 3.8) is 0 Å². The Kier molecular flexibility index (Phi) is 3.73. The van der Waals surface area contributed by atoms with Crippen LogP contribution in [0.5, 0.6) is 11.5 Å². The number of hydrogen-bond acceptors (Lipinski definition) is 7. The van der Waals surface area contributed by atoms with E-state index in [0.717, 1.165) is 16.8 Å². The van der Waals surface area contributed by atoms with Crippen molar-refractivity contribution in [2.45, 2.75) is 19.3 Å². The summed E-state index contributed by atoms with van der Waals surface area (Å²) < 4.78 is 6.84. The zero-order valence-corrected chi connectivity index (χ0v) is 15.7. The molecule has 0 saturated carbocycles. The molecule has 1 aliphatic rings. The normalized spacial score (nSPS) is 15.9. The molecular formula is C19H17N7O3. The van der Waals surface area contributed by atoms with Crippen LogP contribution in [0.2, 0.25) is 0 Å². The van der Waals surface area contributed by atoms with Crippen LogP contribution in [0.25, 0.3) is 17.0 Å². The number of carbonyl (C=O) groups excluding carboxylic acids is 1. The maximum atomic E-state index is 12.6. The number of fused-ring (bicyclic) bond motifs is 2. The SMILES string of the molecule is COc1cc(C2CC(=O)Nc3c2c(C)nn3-c2ncnc3nc[nH]c23)ccc1O. The molecule has 3 aromatic heterocycles. The van der Waals surface area contributed by atoms with Crippen molar-refractivity contribution in [3.8, 4) is 17.3 Å². The van der Waals surface area contributed by atoms with E-state index in [0.29, 0.717) is 28.5 Å². The number of benzene rings is 1. The summed E-state index contributed by atoms with van der Waals surface area (Å²) in [5.74, 6) is 1.10. The predicted molar refractivity (Wildman–Crippen MR) is 103 cm³/mol. The number of anilines is 1. The van der Waals surface area contributed by atoms with Crippen LogP contribution in [0.4, 0.5) is 5.82 Å². The van der Waals surface area contributed by atoms with Crippen molar-refractivity contribution in [2.24, 2.45) is 0 Å². The van der Waals surface area contributed by atoms with Crippen LogP contribution in [0.1, 0.15) is 29.2 Å². The Bertz CT molecular complexity index is 1260. The van der Waals surface area contributed by atoms with Crippen molar-refractivity contribution in [2.75, 3.05) is 12.4 Å². The van der Waals surface area contributed by atoms with Gasteiger partial charge in [-0.3, -0.25) is 4.79 Å². The summed E-state index contributed by atoms with van der Waals surface area (Å²) in [6, 6.07) is 5.11. The highest BCUT2D eigenvalue weighted by atomic mass is 16.5. The molecule has 1 aliphatic heterocycles. The predicted octanol–water partition coefficient (Wildman–Crippen LogP) is 2.04. The average molecular weight is 391 g/mol. The van der Waals surface area contributed by atoms with E-state index in [9.17, 15) is 9.90 Å². The van der Waals surface area contributed by atoms with E-state index in [-0.39, 0.29) is 24.0 Å². The topological polar surface area (TPSA) is 131 Å². The van der Waals surface area contributed by atoms with Crippen molar-refractivity contribution in [1.82, 2.24) is 29.7 Å². The molecule has 0 fully saturated rings. The third-order valence-electron chi connectivity index (χ3n) is 5.11. The van der Waals surface area contributed by atoms with Crippen LogP contribution >= 0.6 is 0 Å². The Balaban J connectivity index is 1.70. The number of imidazole rings is 1. The molecule has 0 saturated heterocycles. The Hall–Kier alpha value is -3.95. The van der Waals surface area contributed by atoms with Crippen LogP contribution in [-0.4, -0.2) is 47.8 Å². The number of amides is 1. The van der Waals surface area contributed by atoms with Gasteiger partial charge in [-0.25, -0.2) is 15.0 Å². The van der Waals surface area contributed by atoms with E-state index in [2.05, 4.69) is 30.4 Å². The van der Waals surface area contributed by atoms with E-state index >= 15 is 0 Å². The van der Waals surface area contributed by atoms with Crippen LogP contribution in [0, 0.1) is 6.92 Å². The Morgan fingerprint density at radius 1 is 1.28 bits per heavy atom. The summed E-state index contributed by atoms with van der Waals surface area (Å²) in [5, 5.41) is 17.5. The van der Waals surface area contributed by atoms with Gasteiger partial charge in [0.25, 0.3) is 0 Å². The maximum absolute atomic E-state index is 12.6. The third-order valence-corrected chi connectivity index (χ3v) is 5.11. The Morgan fingerprint density at radius 3 is 2.97 bits per heavy atom. The molecule has 5 rings (SSSR count). The second kappa shape index (κ2) is 6.30. The highest BCUT2D eigenvalue weighted by Crippen LogP contribution is 2.42. The number of hydrogen-bond donors (Lipinski definition) is 3. The molecule has 1 aromatic carbocycles. The van der Waals surface area contributed by atoms with Gasteiger partial charge in [-0.05, 0) is 24.6 Å². The molecule has 1 unspecified atom stereocenters. The van der Waals surface area contributed by atoms with Gasteiger partial charge in [0.2, 0.25) is 5.91 Å². The van der Waals surface area contributed by atoms with E-state index < -0.39 is 0 Å². The van der Waals surface area contributed by atoms with E-state index in [1.165, 1.54) is 19.8 Å². The summed E-state index contributed by atoms with van der Waals surface area (Å²) in [6.45, 7) is 1.89. The van der Waals surface area contributed by atoms with Crippen molar-refractivity contribution in [3.05, 3.63) is 47.7 Å². The molecule has 10 heteroatoms. The van der Waals surface area contributed by atoms with Gasteiger partial charge in [0, 0.05) is 17.9 Å². The highest BCUT2D eigenvalue weighted by Gasteiger charge is 2.33. The standard InChI is InChI=1S/C19H17N7O3/c1-9-15-11(10-3-4-12(27)13(5-10)29-2)6-14(28)24-18(15)26(25-9)19-16-17(21-7-20-16)22-8-23-19/h3-5,7-8,11,27H,6H2,1-2H3,(H,24,28)(H,20,21,22,23). The van der Waals surface area contributed by atoms with Crippen LogP contribution in [-0.2, 0) is 4.79 Å². The van der Waals surface area contributed by atoms with E-state index in [1.54, 1.807) is 22.9 Å². The number of aromatic nitrogens is 6. The van der Waals surface area contributed by atoms with Crippen molar-refractivity contribution >= 4 is 22.9 Å². The first-order chi connectivity index (χ1) is 14.1. The fraction of sp³-hybridized carbons (Fsp3) is 0.211. The molecule has 0 aliphatic carbocycles. The molecule has 29 heavy (non-hydrogen) atoms. The lowest BCUT2D eigenvalue weighted by Gasteiger charge is -2.24. The lowest BCUT2D eigenvalue weighted by molar-refractivity contribution is -0.116. The zero-order valence-electron chi connectivity index (χ0n) is 15.7. The van der Waals surface area contributed by atoms with E-state index in [4.69, 9.17) is 4.74 Å². The summed E-state index contributed by atoms with van der Waals surface area (Å²) >= 11 is 0. The quantitative estimate of drug-likeness (QED) is 0.487. The number of H-pyrrole nitrogens is 1. The lowest BCUT2D eigenvalue weighted by Crippen LogP contribution is -2.25. The summed E-state index contributed by atoms with van der Waals surface area (Å²) in [5.41, 5.74) is 3.65. The lowest BCUT2D eigenvalue weighted by atomic mass is 9.85. The Labute approximate surface area is 164 Å². The molecule has 146 valence electrons. The first-order valence-electron chi connectivity index (χ1n) is 8.97. The van der Waals surface area contributed by atoms with Gasteiger partial charge in [0.15, 0.2) is 23.0 Å². The number of nitrogens with zero attached hydrogens (tertiary/aromatic N) is 5. The first kappa shape index (κ1) is 17.2. The van der Waals surface area contributed by atoms with Gasteiger partial charge in [-0.2, -0.15) is 9.78 Å². The zero-order chi connectivity index (χ0) is 20.1. The monoisotopic (exact) mass is 391 g/mol. The molecule has 4 heterocycles. The number of aryl methyl sites for hydroxylation is 1. The number of phenolic OH excluding ortho intramolecular Hbond substituents is 1. The molecule has 0 radical (unpaired) electrons. The number of aromatic hydroxyl groups is 1. The number of ether oxygens (including phenoxy) is 1. The molecular weight excluding hydrogens is 374 g/mol. The summed E-state index contributed by atoms with van der Waals surface area (Å²) in [6.07, 6.45) is 3.21. The van der Waals surface area contributed by atoms with Gasteiger partial charge in [-0.15, -0.1) is 0 Å². The number of rotatable bonds is 3. The maximum Gasteiger partial charge on any atom is 0.226 e. The van der Waals surface area contributed by atoms with Gasteiger partial charge >= 0.3 is 0 Å². The smallest absolute Gasteiger partial charge is 0.226 e. The summed E-state index contributed by atoms with van der Waals surface area (Å²) in [4.78, 5) is 28.2. The largest absolute Gasteiger partial charge is 0.504 e. The van der Waals surface area contributed by atoms with Crippen LogP contribution < -0.4 is 10.1 Å². The highest BCUT2D eigenvalue weighted by molar-refractivity contribution is 5.95. The minimum atomic E-state index is -0.235. The molecule has 4 aromatic rings.